The third-order valence-corrected chi connectivity index (χ3v) is 4.63. The summed E-state index contributed by atoms with van der Waals surface area (Å²) in [7, 11) is 1.34. The minimum Gasteiger partial charge on any atom is -0.467 e. The molecule has 0 aromatic carbocycles. The zero-order valence-corrected chi connectivity index (χ0v) is 14.4. The fourth-order valence-electron chi connectivity index (χ4n) is 2.40. The standard InChI is InChI=1S/C16H25NO3S/c1-6-8-12-10-13(21-11(12)3)14(18)17-16(4,9-7-2)15(19)20-5/h10H,6-9H2,1-5H3,(H,17,18). The number of rotatable bonds is 7. The van der Waals surface area contributed by atoms with Crippen LogP contribution in [0.15, 0.2) is 6.07 Å². The van der Waals surface area contributed by atoms with E-state index in [-0.39, 0.29) is 5.91 Å². The molecule has 1 aromatic heterocycles. The Morgan fingerprint density at radius 1 is 1.33 bits per heavy atom. The molecule has 0 saturated carbocycles. The molecule has 1 amide bonds. The lowest BCUT2D eigenvalue weighted by molar-refractivity contribution is -0.147. The zero-order chi connectivity index (χ0) is 16.0. The highest BCUT2D eigenvalue weighted by Crippen LogP contribution is 2.24. The van der Waals surface area contributed by atoms with E-state index < -0.39 is 11.5 Å². The lowest BCUT2D eigenvalue weighted by Crippen LogP contribution is -2.52. The van der Waals surface area contributed by atoms with Crippen molar-refractivity contribution in [2.75, 3.05) is 7.11 Å². The van der Waals surface area contributed by atoms with E-state index in [1.54, 1.807) is 6.92 Å². The molecule has 0 aliphatic heterocycles. The van der Waals surface area contributed by atoms with E-state index >= 15 is 0 Å². The number of ether oxygens (including phenoxy) is 1. The molecule has 0 radical (unpaired) electrons. The quantitative estimate of drug-likeness (QED) is 0.784. The topological polar surface area (TPSA) is 55.4 Å². The fourth-order valence-corrected chi connectivity index (χ4v) is 3.37. The van der Waals surface area contributed by atoms with E-state index in [1.807, 2.05) is 19.9 Å². The molecule has 0 spiro atoms. The third kappa shape index (κ3) is 4.30. The highest BCUT2D eigenvalue weighted by atomic mass is 32.1. The summed E-state index contributed by atoms with van der Waals surface area (Å²) in [6.45, 7) is 7.83. The van der Waals surface area contributed by atoms with Crippen LogP contribution in [-0.4, -0.2) is 24.5 Å². The van der Waals surface area contributed by atoms with Gasteiger partial charge in [-0.25, -0.2) is 4.79 Å². The Morgan fingerprint density at radius 3 is 2.52 bits per heavy atom. The Hall–Kier alpha value is -1.36. The fraction of sp³-hybridized carbons (Fsp3) is 0.625. The number of thiophene rings is 1. The van der Waals surface area contributed by atoms with Crippen LogP contribution in [0.25, 0.3) is 0 Å². The maximum absolute atomic E-state index is 12.4. The van der Waals surface area contributed by atoms with Crippen LogP contribution >= 0.6 is 11.3 Å². The summed E-state index contributed by atoms with van der Waals surface area (Å²) in [5, 5.41) is 2.84. The van der Waals surface area contributed by atoms with Crippen molar-refractivity contribution in [1.29, 1.82) is 0 Å². The SMILES string of the molecule is CCCc1cc(C(=O)NC(C)(CCC)C(=O)OC)sc1C. The smallest absolute Gasteiger partial charge is 0.331 e. The molecule has 118 valence electrons. The van der Waals surface area contributed by atoms with Crippen molar-refractivity contribution in [2.45, 2.75) is 58.9 Å². The van der Waals surface area contributed by atoms with Crippen molar-refractivity contribution in [3.05, 3.63) is 21.4 Å². The van der Waals surface area contributed by atoms with Crippen molar-refractivity contribution >= 4 is 23.2 Å². The number of esters is 1. The van der Waals surface area contributed by atoms with Crippen LogP contribution in [0.4, 0.5) is 0 Å². The second kappa shape index (κ2) is 7.59. The number of aryl methyl sites for hydroxylation is 2. The highest BCUT2D eigenvalue weighted by molar-refractivity contribution is 7.14. The first-order chi connectivity index (χ1) is 9.87. The number of hydrogen-bond acceptors (Lipinski definition) is 4. The molecule has 0 aliphatic rings. The van der Waals surface area contributed by atoms with Gasteiger partial charge in [0.1, 0.15) is 5.54 Å². The van der Waals surface area contributed by atoms with Crippen LogP contribution in [0.2, 0.25) is 0 Å². The van der Waals surface area contributed by atoms with Crippen molar-refractivity contribution in [1.82, 2.24) is 5.32 Å². The van der Waals surface area contributed by atoms with Gasteiger partial charge in [-0.1, -0.05) is 26.7 Å². The minimum atomic E-state index is -0.969. The number of amides is 1. The van der Waals surface area contributed by atoms with E-state index in [0.29, 0.717) is 11.3 Å². The average molecular weight is 311 g/mol. The molecule has 0 saturated heterocycles. The molecule has 1 N–H and O–H groups in total. The minimum absolute atomic E-state index is 0.202. The molecule has 0 aliphatic carbocycles. The molecule has 1 aromatic rings. The van der Waals surface area contributed by atoms with Crippen LogP contribution < -0.4 is 5.32 Å². The Labute approximate surface area is 130 Å². The summed E-state index contributed by atoms with van der Waals surface area (Å²) in [5.74, 6) is -0.605. The Kier molecular flexibility index (Phi) is 6.40. The molecule has 1 heterocycles. The van der Waals surface area contributed by atoms with Gasteiger partial charge in [-0.2, -0.15) is 0 Å². The van der Waals surface area contributed by atoms with Crippen molar-refractivity contribution in [2.24, 2.45) is 0 Å². The van der Waals surface area contributed by atoms with Crippen molar-refractivity contribution in [3.63, 3.8) is 0 Å². The predicted molar refractivity (Wildman–Crippen MR) is 85.8 cm³/mol. The number of carbonyl (C=O) groups is 2. The predicted octanol–water partition coefficient (Wildman–Crippen LogP) is 3.47. The van der Waals surface area contributed by atoms with Crippen LogP contribution in [0.3, 0.4) is 0 Å². The molecule has 21 heavy (non-hydrogen) atoms. The molecule has 1 atom stereocenters. The van der Waals surface area contributed by atoms with E-state index in [0.717, 1.165) is 24.1 Å². The lowest BCUT2D eigenvalue weighted by Gasteiger charge is -2.27. The van der Waals surface area contributed by atoms with E-state index in [2.05, 4.69) is 12.2 Å². The van der Waals surface area contributed by atoms with Gasteiger partial charge in [-0.05, 0) is 38.3 Å². The van der Waals surface area contributed by atoms with Gasteiger partial charge in [0.05, 0.1) is 12.0 Å². The second-order valence-corrected chi connectivity index (χ2v) is 6.73. The molecule has 1 unspecified atom stereocenters. The first-order valence-corrected chi connectivity index (χ1v) is 8.19. The van der Waals surface area contributed by atoms with E-state index in [1.165, 1.54) is 24.0 Å². The summed E-state index contributed by atoms with van der Waals surface area (Å²) < 4.78 is 4.82. The summed E-state index contributed by atoms with van der Waals surface area (Å²) in [6, 6.07) is 1.93. The summed E-state index contributed by atoms with van der Waals surface area (Å²) >= 11 is 1.48. The highest BCUT2D eigenvalue weighted by Gasteiger charge is 2.35. The monoisotopic (exact) mass is 311 g/mol. The average Bonchev–Trinajstić information content (AvgIpc) is 2.80. The van der Waals surface area contributed by atoms with Gasteiger partial charge in [-0.3, -0.25) is 4.79 Å². The molecular weight excluding hydrogens is 286 g/mol. The number of carbonyl (C=O) groups excluding carboxylic acids is 2. The Bertz CT molecular complexity index is 510. The lowest BCUT2D eigenvalue weighted by atomic mass is 9.96. The number of nitrogens with one attached hydrogen (secondary N) is 1. The molecule has 4 nitrogen and oxygen atoms in total. The molecule has 0 fully saturated rings. The number of hydrogen-bond donors (Lipinski definition) is 1. The summed E-state index contributed by atoms with van der Waals surface area (Å²) in [4.78, 5) is 26.2. The van der Waals surface area contributed by atoms with Gasteiger partial charge in [0.15, 0.2) is 0 Å². The molecule has 5 heteroatoms. The molecule has 1 rings (SSSR count). The largest absolute Gasteiger partial charge is 0.467 e. The Morgan fingerprint density at radius 2 is 2.00 bits per heavy atom. The number of methoxy groups -OCH3 is 1. The van der Waals surface area contributed by atoms with Crippen LogP contribution in [0.1, 0.15) is 60.1 Å². The summed E-state index contributed by atoms with van der Waals surface area (Å²) in [5.41, 5.74) is 0.242. The van der Waals surface area contributed by atoms with Gasteiger partial charge >= 0.3 is 5.97 Å². The maximum Gasteiger partial charge on any atom is 0.331 e. The van der Waals surface area contributed by atoms with Gasteiger partial charge in [0, 0.05) is 4.88 Å². The van der Waals surface area contributed by atoms with Gasteiger partial charge < -0.3 is 10.1 Å². The second-order valence-electron chi connectivity index (χ2n) is 5.47. The maximum atomic E-state index is 12.4. The normalized spacial score (nSPS) is 13.6. The van der Waals surface area contributed by atoms with Crippen molar-refractivity contribution < 1.29 is 14.3 Å². The molecular formula is C16H25NO3S. The Balaban J connectivity index is 2.92. The van der Waals surface area contributed by atoms with E-state index in [4.69, 9.17) is 4.74 Å². The first-order valence-electron chi connectivity index (χ1n) is 7.38. The zero-order valence-electron chi connectivity index (χ0n) is 13.5. The molecule has 0 bridgehead atoms. The van der Waals surface area contributed by atoms with Crippen LogP contribution in [0, 0.1) is 6.92 Å². The van der Waals surface area contributed by atoms with Crippen LogP contribution in [0.5, 0.6) is 0 Å². The first kappa shape index (κ1) is 17.7. The summed E-state index contributed by atoms with van der Waals surface area (Å²) in [6.07, 6.45) is 3.36. The third-order valence-electron chi connectivity index (χ3n) is 3.54. The van der Waals surface area contributed by atoms with Crippen molar-refractivity contribution in [3.8, 4) is 0 Å². The van der Waals surface area contributed by atoms with Gasteiger partial charge in [-0.15, -0.1) is 11.3 Å². The van der Waals surface area contributed by atoms with E-state index in [9.17, 15) is 9.59 Å². The van der Waals surface area contributed by atoms with Gasteiger partial charge in [0.2, 0.25) is 0 Å². The van der Waals surface area contributed by atoms with Crippen LogP contribution in [-0.2, 0) is 16.0 Å². The van der Waals surface area contributed by atoms with Gasteiger partial charge in [0.25, 0.3) is 5.91 Å².